The number of fused-ring (bicyclic) bond motifs is 3. The third kappa shape index (κ3) is 4.10. The highest BCUT2D eigenvalue weighted by Crippen LogP contribution is 2.52. The fourth-order valence-electron chi connectivity index (χ4n) is 3.99. The van der Waals surface area contributed by atoms with Crippen LogP contribution in [0, 0.1) is 0 Å². The Hall–Kier alpha value is -2.93. The predicted octanol–water partition coefficient (Wildman–Crippen LogP) is 4.97. The molecule has 0 radical (unpaired) electrons. The Morgan fingerprint density at radius 3 is 2.61 bits per heavy atom. The molecule has 6 nitrogen and oxygen atoms in total. The van der Waals surface area contributed by atoms with Gasteiger partial charge in [-0.25, -0.2) is 0 Å². The van der Waals surface area contributed by atoms with Crippen molar-refractivity contribution in [3.63, 3.8) is 0 Å². The lowest BCUT2D eigenvalue weighted by Crippen LogP contribution is -2.43. The maximum atomic E-state index is 11.7. The SMILES string of the molecule is C=CCOc1ccc(C2(O)COc3c(ccc4c3C=CC(C)(C)O4)C2O)c(OCC=C)c1Cl. The van der Waals surface area contributed by atoms with Crippen molar-refractivity contribution in [2.24, 2.45) is 0 Å². The fourth-order valence-corrected chi connectivity index (χ4v) is 4.26. The average molecular weight is 471 g/mol. The summed E-state index contributed by atoms with van der Waals surface area (Å²) in [5, 5.41) is 23.2. The van der Waals surface area contributed by atoms with Gasteiger partial charge in [0.2, 0.25) is 0 Å². The first-order chi connectivity index (χ1) is 15.7. The molecule has 33 heavy (non-hydrogen) atoms. The van der Waals surface area contributed by atoms with Crippen LogP contribution in [-0.2, 0) is 5.60 Å². The minimum atomic E-state index is -1.82. The molecule has 2 unspecified atom stereocenters. The summed E-state index contributed by atoms with van der Waals surface area (Å²) in [7, 11) is 0. The lowest BCUT2D eigenvalue weighted by atomic mass is 9.81. The van der Waals surface area contributed by atoms with E-state index < -0.39 is 17.3 Å². The smallest absolute Gasteiger partial charge is 0.157 e. The molecular formula is C26H27ClO6. The van der Waals surface area contributed by atoms with Crippen molar-refractivity contribution >= 4 is 17.7 Å². The highest BCUT2D eigenvalue weighted by Gasteiger charge is 2.47. The van der Waals surface area contributed by atoms with E-state index in [0.717, 1.165) is 5.56 Å². The first kappa shape index (κ1) is 23.2. The quantitative estimate of drug-likeness (QED) is 0.556. The van der Waals surface area contributed by atoms with E-state index in [1.165, 1.54) is 0 Å². The van der Waals surface area contributed by atoms with Crippen LogP contribution in [0.1, 0.15) is 36.6 Å². The summed E-state index contributed by atoms with van der Waals surface area (Å²) >= 11 is 6.56. The van der Waals surface area contributed by atoms with Crippen molar-refractivity contribution in [3.05, 3.63) is 77.4 Å². The van der Waals surface area contributed by atoms with Crippen LogP contribution < -0.4 is 18.9 Å². The van der Waals surface area contributed by atoms with Crippen LogP contribution >= 0.6 is 11.6 Å². The molecule has 2 aliphatic rings. The zero-order valence-corrected chi connectivity index (χ0v) is 19.4. The molecule has 2 N–H and O–H groups in total. The zero-order chi connectivity index (χ0) is 23.8. The average Bonchev–Trinajstić information content (AvgIpc) is 2.78. The fraction of sp³-hybridized carbons (Fsp3) is 0.308. The highest BCUT2D eigenvalue weighted by molar-refractivity contribution is 6.33. The third-order valence-corrected chi connectivity index (χ3v) is 5.98. The Bertz CT molecular complexity index is 1120. The Morgan fingerprint density at radius 2 is 1.88 bits per heavy atom. The van der Waals surface area contributed by atoms with E-state index in [0.29, 0.717) is 22.8 Å². The monoisotopic (exact) mass is 470 g/mol. The second kappa shape index (κ2) is 8.78. The van der Waals surface area contributed by atoms with Gasteiger partial charge in [-0.05, 0) is 50.3 Å². The molecule has 0 bridgehead atoms. The second-order valence-electron chi connectivity index (χ2n) is 8.50. The van der Waals surface area contributed by atoms with E-state index in [-0.39, 0.29) is 36.2 Å². The van der Waals surface area contributed by atoms with Crippen LogP contribution in [-0.4, -0.2) is 35.6 Å². The summed E-state index contributed by atoms with van der Waals surface area (Å²) < 4.78 is 23.4. The van der Waals surface area contributed by atoms with Crippen molar-refractivity contribution < 1.29 is 29.2 Å². The molecule has 0 aliphatic carbocycles. The summed E-state index contributed by atoms with van der Waals surface area (Å²) in [5.41, 5.74) is -0.824. The Morgan fingerprint density at radius 1 is 1.15 bits per heavy atom. The largest absolute Gasteiger partial charge is 0.489 e. The van der Waals surface area contributed by atoms with Gasteiger partial charge in [0.25, 0.3) is 0 Å². The number of ether oxygens (including phenoxy) is 4. The Kier molecular flexibility index (Phi) is 6.18. The zero-order valence-electron chi connectivity index (χ0n) is 18.6. The van der Waals surface area contributed by atoms with Crippen molar-refractivity contribution in [2.45, 2.75) is 31.2 Å². The third-order valence-electron chi connectivity index (χ3n) is 5.62. The van der Waals surface area contributed by atoms with E-state index in [2.05, 4.69) is 13.2 Å². The van der Waals surface area contributed by atoms with E-state index in [1.807, 2.05) is 26.0 Å². The summed E-state index contributed by atoms with van der Waals surface area (Å²) in [6.07, 6.45) is 5.69. The molecule has 2 atom stereocenters. The van der Waals surface area contributed by atoms with Crippen LogP contribution in [0.2, 0.25) is 5.02 Å². The normalized spacial score (nSPS) is 22.3. The number of benzene rings is 2. The van der Waals surface area contributed by atoms with Gasteiger partial charge in [0.1, 0.15) is 59.5 Å². The Balaban J connectivity index is 1.77. The van der Waals surface area contributed by atoms with Gasteiger partial charge >= 0.3 is 0 Å². The number of hydrogen-bond donors (Lipinski definition) is 2. The van der Waals surface area contributed by atoms with Crippen LogP contribution in [0.3, 0.4) is 0 Å². The van der Waals surface area contributed by atoms with E-state index in [9.17, 15) is 10.2 Å². The molecule has 0 spiro atoms. The number of hydrogen-bond acceptors (Lipinski definition) is 6. The first-order valence-electron chi connectivity index (χ1n) is 10.6. The van der Waals surface area contributed by atoms with Gasteiger partial charge in [-0.3, -0.25) is 0 Å². The van der Waals surface area contributed by atoms with E-state index in [4.69, 9.17) is 30.5 Å². The van der Waals surface area contributed by atoms with Crippen LogP contribution in [0.5, 0.6) is 23.0 Å². The van der Waals surface area contributed by atoms with Crippen molar-refractivity contribution in [2.75, 3.05) is 19.8 Å². The van der Waals surface area contributed by atoms with Crippen molar-refractivity contribution in [1.82, 2.24) is 0 Å². The molecule has 2 aromatic carbocycles. The number of halogens is 1. The lowest BCUT2D eigenvalue weighted by molar-refractivity contribution is -0.122. The summed E-state index contributed by atoms with van der Waals surface area (Å²) in [4.78, 5) is 0. The van der Waals surface area contributed by atoms with Gasteiger partial charge in [0.15, 0.2) is 5.60 Å². The van der Waals surface area contributed by atoms with Gasteiger partial charge in [-0.2, -0.15) is 0 Å². The highest BCUT2D eigenvalue weighted by atomic mass is 35.5. The molecule has 2 aromatic rings. The van der Waals surface area contributed by atoms with Gasteiger partial charge in [0.05, 0.1) is 5.56 Å². The summed E-state index contributed by atoms with van der Waals surface area (Å²) in [6.45, 7) is 11.4. The first-order valence-corrected chi connectivity index (χ1v) is 11.0. The topological polar surface area (TPSA) is 77.4 Å². The molecule has 174 valence electrons. The minimum Gasteiger partial charge on any atom is -0.489 e. The van der Waals surface area contributed by atoms with Crippen molar-refractivity contribution in [3.8, 4) is 23.0 Å². The van der Waals surface area contributed by atoms with Gasteiger partial charge < -0.3 is 29.2 Å². The molecule has 0 saturated carbocycles. The van der Waals surface area contributed by atoms with Crippen molar-refractivity contribution in [1.29, 1.82) is 0 Å². The molecule has 0 aromatic heterocycles. The summed E-state index contributed by atoms with van der Waals surface area (Å²) in [5.74, 6) is 1.69. The minimum absolute atomic E-state index is 0.146. The Labute approximate surface area is 198 Å². The molecule has 7 heteroatoms. The molecule has 0 saturated heterocycles. The van der Waals surface area contributed by atoms with Crippen LogP contribution in [0.25, 0.3) is 6.08 Å². The standard InChI is InChI=1S/C26H27ClO6/c1-5-13-30-20-10-8-18(23(21(20)27)31-14-6-2)26(29)15-32-22-16-11-12-25(3,4)33-19(16)9-7-17(22)24(26)28/h5-12,24,28-29H,1-2,13-15H2,3-4H3. The molecule has 0 amide bonds. The lowest BCUT2D eigenvalue weighted by Gasteiger charge is -2.40. The number of rotatable bonds is 7. The molecule has 2 heterocycles. The van der Waals surface area contributed by atoms with Gasteiger partial charge in [0, 0.05) is 11.1 Å². The molecule has 2 aliphatic heterocycles. The predicted molar refractivity (Wildman–Crippen MR) is 127 cm³/mol. The van der Waals surface area contributed by atoms with Crippen LogP contribution in [0.4, 0.5) is 0 Å². The van der Waals surface area contributed by atoms with Gasteiger partial charge in [-0.1, -0.05) is 36.9 Å². The number of aliphatic hydroxyl groups excluding tert-OH is 1. The maximum Gasteiger partial charge on any atom is 0.157 e. The molecule has 4 rings (SSSR count). The van der Waals surface area contributed by atoms with Gasteiger partial charge in [-0.15, -0.1) is 0 Å². The molecular weight excluding hydrogens is 444 g/mol. The van der Waals surface area contributed by atoms with E-state index in [1.54, 1.807) is 36.4 Å². The second-order valence-corrected chi connectivity index (χ2v) is 8.88. The maximum absolute atomic E-state index is 11.7. The van der Waals surface area contributed by atoms with E-state index >= 15 is 0 Å². The number of aliphatic hydroxyl groups is 2. The summed E-state index contributed by atoms with van der Waals surface area (Å²) in [6, 6.07) is 6.70. The molecule has 0 fully saturated rings. The van der Waals surface area contributed by atoms with Crippen LogP contribution in [0.15, 0.2) is 55.7 Å².